The topological polar surface area (TPSA) is 81.8 Å². The number of carbonyl (C=O) groups is 1. The molecule has 26 heavy (non-hydrogen) atoms. The largest absolute Gasteiger partial charge is 0.403 e. The molecule has 130 valence electrons. The number of nitro groups is 1. The highest BCUT2D eigenvalue weighted by Gasteiger charge is 2.21. The van der Waals surface area contributed by atoms with E-state index in [0.717, 1.165) is 0 Å². The minimum Gasteiger partial charge on any atom is -0.403 e. The molecule has 3 rings (SSSR count). The Morgan fingerprint density at radius 2 is 1.85 bits per heavy atom. The number of hydrogen-bond acceptors (Lipinski definition) is 5. The van der Waals surface area contributed by atoms with Gasteiger partial charge in [-0.3, -0.25) is 10.1 Å². The van der Waals surface area contributed by atoms with Crippen LogP contribution in [0, 0.1) is 10.1 Å². The zero-order chi connectivity index (χ0) is 18.7. The molecule has 0 spiro atoms. The zero-order valence-electron chi connectivity index (χ0n) is 13.1. The molecule has 0 saturated heterocycles. The van der Waals surface area contributed by atoms with E-state index >= 15 is 0 Å². The van der Waals surface area contributed by atoms with Crippen molar-refractivity contribution in [3.63, 3.8) is 0 Å². The molecule has 0 atom stereocenters. The van der Waals surface area contributed by atoms with Gasteiger partial charge in [0.1, 0.15) is 0 Å². The van der Waals surface area contributed by atoms with Crippen molar-refractivity contribution in [3.05, 3.63) is 85.5 Å². The first-order chi connectivity index (χ1) is 12.4. The maximum absolute atomic E-state index is 11.9. The Kier molecular flexibility index (Phi) is 5.16. The van der Waals surface area contributed by atoms with Gasteiger partial charge in [-0.05, 0) is 35.4 Å². The maximum Gasteiger partial charge on any atom is 0.363 e. The predicted molar refractivity (Wildman–Crippen MR) is 100 cm³/mol. The van der Waals surface area contributed by atoms with Crippen LogP contribution in [0.25, 0.3) is 12.2 Å². The van der Waals surface area contributed by atoms with E-state index in [2.05, 4.69) is 4.99 Å². The fourth-order valence-corrected chi connectivity index (χ4v) is 2.47. The van der Waals surface area contributed by atoms with Crippen LogP contribution in [0.2, 0.25) is 10.0 Å². The van der Waals surface area contributed by atoms with Gasteiger partial charge in [0.15, 0.2) is 5.70 Å². The van der Waals surface area contributed by atoms with Crippen molar-refractivity contribution < 1.29 is 14.5 Å². The maximum atomic E-state index is 11.9. The van der Waals surface area contributed by atoms with Crippen LogP contribution >= 0.6 is 23.2 Å². The second kappa shape index (κ2) is 7.51. The summed E-state index contributed by atoms with van der Waals surface area (Å²) in [6, 6.07) is 11.0. The highest BCUT2D eigenvalue weighted by molar-refractivity contribution is 6.42. The molecular weight excluding hydrogens is 379 g/mol. The highest BCUT2D eigenvalue weighted by Crippen LogP contribution is 2.25. The van der Waals surface area contributed by atoms with Crippen molar-refractivity contribution in [2.75, 3.05) is 0 Å². The van der Waals surface area contributed by atoms with Gasteiger partial charge in [0.05, 0.1) is 15.0 Å². The monoisotopic (exact) mass is 388 g/mol. The van der Waals surface area contributed by atoms with Gasteiger partial charge in [0.2, 0.25) is 5.90 Å². The lowest BCUT2D eigenvalue weighted by molar-refractivity contribution is -0.384. The van der Waals surface area contributed by atoms with Crippen LogP contribution in [0.4, 0.5) is 5.69 Å². The van der Waals surface area contributed by atoms with Crippen LogP contribution in [0.5, 0.6) is 0 Å². The third-order valence-corrected chi connectivity index (χ3v) is 4.12. The summed E-state index contributed by atoms with van der Waals surface area (Å²) in [5, 5.41) is 11.6. The third-order valence-electron chi connectivity index (χ3n) is 3.38. The molecule has 0 bridgehead atoms. The normalized spacial score (nSPS) is 15.4. The number of ether oxygens (including phenoxy) is 1. The van der Waals surface area contributed by atoms with Gasteiger partial charge < -0.3 is 4.74 Å². The average Bonchev–Trinajstić information content (AvgIpc) is 2.96. The predicted octanol–water partition coefficient (Wildman–Crippen LogP) is 4.91. The number of rotatable bonds is 4. The fourth-order valence-electron chi connectivity index (χ4n) is 2.17. The molecule has 2 aromatic rings. The molecule has 0 fully saturated rings. The standard InChI is InChI=1S/C18H10Cl2N2O4/c19-14-6-4-12(9-15(14)20)10-16-18(23)26-17(21-16)7-5-11-2-1-3-13(8-11)22(24)25/h1-10H. The number of benzene rings is 2. The number of halogens is 2. The van der Waals surface area contributed by atoms with E-state index in [0.29, 0.717) is 21.2 Å². The van der Waals surface area contributed by atoms with Gasteiger partial charge in [0, 0.05) is 18.2 Å². The first-order valence-electron chi connectivity index (χ1n) is 7.32. The first kappa shape index (κ1) is 17.8. The molecule has 1 heterocycles. The van der Waals surface area contributed by atoms with Gasteiger partial charge in [-0.1, -0.05) is 41.4 Å². The van der Waals surface area contributed by atoms with Crippen molar-refractivity contribution in [1.82, 2.24) is 0 Å². The molecular formula is C18H10Cl2N2O4. The summed E-state index contributed by atoms with van der Waals surface area (Å²) in [7, 11) is 0. The number of nitro benzene ring substituents is 1. The molecule has 6 nitrogen and oxygen atoms in total. The average molecular weight is 389 g/mol. The van der Waals surface area contributed by atoms with Crippen molar-refractivity contribution in [3.8, 4) is 0 Å². The Morgan fingerprint density at radius 3 is 2.58 bits per heavy atom. The second-order valence-electron chi connectivity index (χ2n) is 5.23. The van der Waals surface area contributed by atoms with Gasteiger partial charge in [-0.15, -0.1) is 0 Å². The molecule has 2 aromatic carbocycles. The van der Waals surface area contributed by atoms with Crippen LogP contribution in [0.1, 0.15) is 11.1 Å². The Hall–Kier alpha value is -2.96. The molecule has 1 aliphatic rings. The Morgan fingerprint density at radius 1 is 1.04 bits per heavy atom. The van der Waals surface area contributed by atoms with Crippen LogP contribution in [0.3, 0.4) is 0 Å². The number of cyclic esters (lactones) is 1. The van der Waals surface area contributed by atoms with E-state index in [1.165, 1.54) is 24.3 Å². The molecule has 1 aliphatic heterocycles. The zero-order valence-corrected chi connectivity index (χ0v) is 14.6. The van der Waals surface area contributed by atoms with Crippen LogP contribution in [-0.2, 0) is 9.53 Å². The number of nitrogens with zero attached hydrogens (tertiary/aromatic N) is 2. The number of carbonyl (C=O) groups excluding carboxylic acids is 1. The lowest BCUT2D eigenvalue weighted by atomic mass is 10.2. The Bertz CT molecular complexity index is 996. The molecule has 0 radical (unpaired) electrons. The summed E-state index contributed by atoms with van der Waals surface area (Å²) in [4.78, 5) is 26.3. The third kappa shape index (κ3) is 4.17. The summed E-state index contributed by atoms with van der Waals surface area (Å²) < 4.78 is 5.06. The van der Waals surface area contributed by atoms with Crippen LogP contribution in [0.15, 0.2) is 59.2 Å². The van der Waals surface area contributed by atoms with Crippen molar-refractivity contribution in [2.45, 2.75) is 0 Å². The van der Waals surface area contributed by atoms with Gasteiger partial charge in [0.25, 0.3) is 5.69 Å². The lowest BCUT2D eigenvalue weighted by Crippen LogP contribution is -2.01. The van der Waals surface area contributed by atoms with Gasteiger partial charge in [-0.25, -0.2) is 9.79 Å². The van der Waals surface area contributed by atoms with E-state index in [-0.39, 0.29) is 17.3 Å². The van der Waals surface area contributed by atoms with Crippen LogP contribution < -0.4 is 0 Å². The van der Waals surface area contributed by atoms with E-state index < -0.39 is 10.9 Å². The van der Waals surface area contributed by atoms with Crippen molar-refractivity contribution in [1.29, 1.82) is 0 Å². The van der Waals surface area contributed by atoms with E-state index in [1.54, 1.807) is 36.4 Å². The van der Waals surface area contributed by atoms with Crippen LogP contribution in [-0.4, -0.2) is 16.8 Å². The summed E-state index contributed by atoms with van der Waals surface area (Å²) in [5.74, 6) is -0.511. The lowest BCUT2D eigenvalue weighted by Gasteiger charge is -1.97. The Labute approximate surface area is 158 Å². The van der Waals surface area contributed by atoms with Gasteiger partial charge >= 0.3 is 5.97 Å². The molecule has 0 saturated carbocycles. The van der Waals surface area contributed by atoms with Crippen molar-refractivity contribution in [2.24, 2.45) is 4.99 Å². The Balaban J connectivity index is 1.81. The van der Waals surface area contributed by atoms with E-state index in [4.69, 9.17) is 27.9 Å². The minimum absolute atomic E-state index is 0.0299. The number of non-ortho nitro benzene ring substituents is 1. The minimum atomic E-state index is -0.602. The SMILES string of the molecule is O=C1OC(C=Cc2cccc([N+](=O)[O-])c2)=NC1=Cc1ccc(Cl)c(Cl)c1. The molecule has 0 aliphatic carbocycles. The summed E-state index contributed by atoms with van der Waals surface area (Å²) >= 11 is 11.8. The summed E-state index contributed by atoms with van der Waals surface area (Å²) in [6.07, 6.45) is 4.56. The van der Waals surface area contributed by atoms with Gasteiger partial charge in [-0.2, -0.15) is 0 Å². The second-order valence-corrected chi connectivity index (χ2v) is 6.04. The van der Waals surface area contributed by atoms with E-state index in [1.807, 2.05) is 0 Å². The fraction of sp³-hybridized carbons (Fsp3) is 0. The number of aliphatic imine (C=N–C) groups is 1. The molecule has 8 heteroatoms. The molecule has 0 N–H and O–H groups in total. The molecule has 0 aromatic heterocycles. The summed E-state index contributed by atoms with van der Waals surface area (Å²) in [5.41, 5.74) is 1.32. The summed E-state index contributed by atoms with van der Waals surface area (Å²) in [6.45, 7) is 0. The highest BCUT2D eigenvalue weighted by atomic mass is 35.5. The molecule has 0 unspecified atom stereocenters. The van der Waals surface area contributed by atoms with E-state index in [9.17, 15) is 14.9 Å². The first-order valence-corrected chi connectivity index (χ1v) is 8.08. The van der Waals surface area contributed by atoms with Crippen molar-refractivity contribution >= 4 is 52.9 Å². The number of esters is 1. The quantitative estimate of drug-likeness (QED) is 0.322. The smallest absolute Gasteiger partial charge is 0.363 e. The molecule has 0 amide bonds. The number of hydrogen-bond donors (Lipinski definition) is 0.